The van der Waals surface area contributed by atoms with E-state index in [1.54, 1.807) is 42.5 Å². The summed E-state index contributed by atoms with van der Waals surface area (Å²) in [6, 6.07) is 24.1. The number of hydrogen-bond acceptors (Lipinski definition) is 7. The largest absolute Gasteiger partial charge is 0.497 e. The lowest BCUT2D eigenvalue weighted by Gasteiger charge is -2.19. The molecule has 0 fully saturated rings. The highest BCUT2D eigenvalue weighted by molar-refractivity contribution is 6.53. The molecule has 8 nitrogen and oxygen atoms in total. The Balaban J connectivity index is 1.34. The van der Waals surface area contributed by atoms with Crippen molar-refractivity contribution in [2.75, 3.05) is 24.4 Å². The highest BCUT2D eigenvalue weighted by atomic mass is 35.5. The van der Waals surface area contributed by atoms with E-state index in [0.717, 1.165) is 15.7 Å². The lowest BCUT2D eigenvalue weighted by Crippen LogP contribution is -2.32. The maximum atomic E-state index is 13.2. The monoisotopic (exact) mass is 528 g/mol. The first kappa shape index (κ1) is 24.9. The number of esters is 1. The van der Waals surface area contributed by atoms with Gasteiger partial charge in [-0.1, -0.05) is 48.0 Å². The first-order chi connectivity index (χ1) is 18.4. The number of carbonyl (C=O) groups is 3. The Bertz CT molecular complexity index is 1610. The van der Waals surface area contributed by atoms with Gasteiger partial charge in [0.1, 0.15) is 28.0 Å². The van der Waals surface area contributed by atoms with Gasteiger partial charge in [-0.05, 0) is 47.9 Å². The van der Waals surface area contributed by atoms with Crippen molar-refractivity contribution in [1.29, 1.82) is 0 Å². The molecular weight excluding hydrogens is 508 g/mol. The summed E-state index contributed by atoms with van der Waals surface area (Å²) in [7, 11) is 2.90. The smallest absolute Gasteiger partial charge is 0.343 e. The molecule has 0 saturated heterocycles. The van der Waals surface area contributed by atoms with E-state index in [0.29, 0.717) is 28.5 Å². The Hall–Kier alpha value is -4.82. The minimum absolute atomic E-state index is 0.104. The summed E-state index contributed by atoms with van der Waals surface area (Å²) in [5.41, 5.74) is 0.844. The number of anilines is 2. The zero-order valence-electron chi connectivity index (χ0n) is 20.4. The number of methoxy groups -OCH3 is 2. The fourth-order valence-corrected chi connectivity index (χ4v) is 4.29. The van der Waals surface area contributed by atoms with Crippen molar-refractivity contribution in [3.63, 3.8) is 0 Å². The van der Waals surface area contributed by atoms with Crippen LogP contribution in [0.3, 0.4) is 0 Å². The second-order valence-electron chi connectivity index (χ2n) is 8.24. The predicted molar refractivity (Wildman–Crippen MR) is 144 cm³/mol. The van der Waals surface area contributed by atoms with Crippen LogP contribution in [0.2, 0.25) is 0 Å². The van der Waals surface area contributed by atoms with Crippen LogP contribution in [-0.2, 0) is 9.59 Å². The Morgan fingerprint density at radius 2 is 1.55 bits per heavy atom. The summed E-state index contributed by atoms with van der Waals surface area (Å²) in [6.45, 7) is 0. The summed E-state index contributed by atoms with van der Waals surface area (Å²) in [6.07, 6.45) is 0. The van der Waals surface area contributed by atoms with Gasteiger partial charge in [0.15, 0.2) is 0 Å². The van der Waals surface area contributed by atoms with Crippen molar-refractivity contribution in [2.24, 2.45) is 0 Å². The van der Waals surface area contributed by atoms with E-state index in [9.17, 15) is 14.4 Å². The topological polar surface area (TPSA) is 94.2 Å². The van der Waals surface area contributed by atoms with Gasteiger partial charge in [0.2, 0.25) is 0 Å². The third-order valence-electron chi connectivity index (χ3n) is 6.00. The number of hydrogen-bond donors (Lipinski definition) is 1. The van der Waals surface area contributed by atoms with Gasteiger partial charge in [-0.15, -0.1) is 0 Å². The highest BCUT2D eigenvalue weighted by Gasteiger charge is 2.40. The maximum Gasteiger partial charge on any atom is 0.343 e. The van der Waals surface area contributed by atoms with E-state index in [1.807, 2.05) is 36.4 Å². The van der Waals surface area contributed by atoms with Crippen molar-refractivity contribution in [3.05, 3.63) is 101 Å². The fraction of sp³-hybridized carbons (Fsp3) is 0.0690. The predicted octanol–water partition coefficient (Wildman–Crippen LogP) is 5.51. The standard InChI is InChI=1S/C29H21ClN2O6/c1-36-20-14-15-24(37-2)22(16-20)32-27(33)25(30)26(28(32)34)31-19-12-10-18(11-13-19)29(35)38-23-9-5-7-17-6-3-4-8-21(17)23/h3-16,31H,1-2H3. The minimum Gasteiger partial charge on any atom is -0.497 e. The molecule has 0 saturated carbocycles. The molecule has 0 atom stereocenters. The molecule has 0 bridgehead atoms. The van der Waals surface area contributed by atoms with Gasteiger partial charge in [-0.2, -0.15) is 0 Å². The number of carbonyl (C=O) groups excluding carboxylic acids is 3. The third kappa shape index (κ3) is 4.53. The summed E-state index contributed by atoms with van der Waals surface area (Å²) >= 11 is 6.27. The lowest BCUT2D eigenvalue weighted by atomic mass is 10.1. The molecule has 0 unspecified atom stereocenters. The molecule has 1 aliphatic heterocycles. The Kier molecular flexibility index (Phi) is 6.72. The quantitative estimate of drug-likeness (QED) is 0.192. The van der Waals surface area contributed by atoms with Crippen molar-refractivity contribution < 1.29 is 28.6 Å². The van der Waals surface area contributed by atoms with Crippen LogP contribution in [0, 0.1) is 0 Å². The van der Waals surface area contributed by atoms with E-state index in [2.05, 4.69) is 5.32 Å². The lowest BCUT2D eigenvalue weighted by molar-refractivity contribution is -0.120. The summed E-state index contributed by atoms with van der Waals surface area (Å²) in [5, 5.41) is 4.39. The van der Waals surface area contributed by atoms with Crippen LogP contribution in [-0.4, -0.2) is 32.0 Å². The van der Waals surface area contributed by atoms with E-state index < -0.39 is 17.8 Å². The number of nitrogens with zero attached hydrogens (tertiary/aromatic N) is 1. The van der Waals surface area contributed by atoms with E-state index >= 15 is 0 Å². The second kappa shape index (κ2) is 10.3. The third-order valence-corrected chi connectivity index (χ3v) is 6.35. The summed E-state index contributed by atoms with van der Waals surface area (Å²) in [5.74, 6) is -0.715. The van der Waals surface area contributed by atoms with Crippen LogP contribution >= 0.6 is 11.6 Å². The zero-order valence-corrected chi connectivity index (χ0v) is 21.1. The van der Waals surface area contributed by atoms with Gasteiger partial charge in [0.25, 0.3) is 11.8 Å². The Labute approximate surface area is 223 Å². The number of amides is 2. The van der Waals surface area contributed by atoms with Gasteiger partial charge in [0, 0.05) is 17.1 Å². The number of nitrogens with one attached hydrogen (secondary N) is 1. The molecule has 0 aliphatic carbocycles. The van der Waals surface area contributed by atoms with Crippen molar-refractivity contribution in [1.82, 2.24) is 0 Å². The molecule has 1 aliphatic rings. The van der Waals surface area contributed by atoms with Gasteiger partial charge in [-0.3, -0.25) is 9.59 Å². The normalized spacial score (nSPS) is 13.2. The fourth-order valence-electron chi connectivity index (χ4n) is 4.08. The molecule has 9 heteroatoms. The van der Waals surface area contributed by atoms with Gasteiger partial charge in [-0.25, -0.2) is 9.69 Å². The second-order valence-corrected chi connectivity index (χ2v) is 8.62. The minimum atomic E-state index is -0.707. The molecule has 38 heavy (non-hydrogen) atoms. The molecule has 0 aromatic heterocycles. The number of rotatable bonds is 7. The first-order valence-corrected chi connectivity index (χ1v) is 11.9. The van der Waals surface area contributed by atoms with Crippen molar-refractivity contribution in [2.45, 2.75) is 0 Å². The van der Waals surface area contributed by atoms with Gasteiger partial charge in [0.05, 0.1) is 25.5 Å². The Morgan fingerprint density at radius 1 is 0.816 bits per heavy atom. The summed E-state index contributed by atoms with van der Waals surface area (Å²) in [4.78, 5) is 39.8. The number of benzene rings is 4. The first-order valence-electron chi connectivity index (χ1n) is 11.5. The zero-order chi connectivity index (χ0) is 26.8. The molecule has 5 rings (SSSR count). The van der Waals surface area contributed by atoms with E-state index in [4.69, 9.17) is 25.8 Å². The van der Waals surface area contributed by atoms with Crippen LogP contribution in [0.1, 0.15) is 10.4 Å². The number of fused-ring (bicyclic) bond motifs is 1. The molecule has 190 valence electrons. The molecule has 4 aromatic rings. The van der Waals surface area contributed by atoms with Gasteiger partial charge < -0.3 is 19.5 Å². The molecule has 1 heterocycles. The Morgan fingerprint density at radius 3 is 2.29 bits per heavy atom. The highest BCUT2D eigenvalue weighted by Crippen LogP contribution is 2.38. The molecule has 4 aromatic carbocycles. The average Bonchev–Trinajstić information content (AvgIpc) is 3.15. The van der Waals surface area contributed by atoms with Crippen LogP contribution in [0.5, 0.6) is 17.2 Å². The average molecular weight is 529 g/mol. The van der Waals surface area contributed by atoms with Gasteiger partial charge >= 0.3 is 5.97 Å². The van der Waals surface area contributed by atoms with Crippen molar-refractivity contribution in [3.8, 4) is 17.2 Å². The van der Waals surface area contributed by atoms with Crippen LogP contribution in [0.4, 0.5) is 11.4 Å². The maximum absolute atomic E-state index is 13.2. The van der Waals surface area contributed by atoms with E-state index in [1.165, 1.54) is 20.3 Å². The van der Waals surface area contributed by atoms with Crippen LogP contribution < -0.4 is 24.4 Å². The molecule has 0 radical (unpaired) electrons. The van der Waals surface area contributed by atoms with Crippen LogP contribution in [0.15, 0.2) is 95.7 Å². The molecule has 1 N–H and O–H groups in total. The molecular formula is C29H21ClN2O6. The summed E-state index contributed by atoms with van der Waals surface area (Å²) < 4.78 is 16.2. The number of ether oxygens (including phenoxy) is 3. The SMILES string of the molecule is COc1ccc(OC)c(N2C(=O)C(Cl)=C(Nc3ccc(C(=O)Oc4cccc5ccccc45)cc3)C2=O)c1. The molecule has 2 amide bonds. The number of halogens is 1. The number of imide groups is 1. The van der Waals surface area contributed by atoms with Crippen LogP contribution in [0.25, 0.3) is 10.8 Å². The molecule has 0 spiro atoms. The van der Waals surface area contributed by atoms with Crippen molar-refractivity contribution >= 4 is 51.5 Å². The van der Waals surface area contributed by atoms with E-state index in [-0.39, 0.29) is 16.4 Å².